The van der Waals surface area contributed by atoms with E-state index in [1.165, 1.54) is 33.4 Å². The number of rotatable bonds is 5. The summed E-state index contributed by atoms with van der Waals surface area (Å²) in [6, 6.07) is 6.49. The van der Waals surface area contributed by atoms with E-state index in [1.54, 1.807) is 27.0 Å². The lowest BCUT2D eigenvalue weighted by atomic mass is 10.0. The third-order valence-electron chi connectivity index (χ3n) is 5.59. The number of benzene rings is 2. The number of aliphatic hydroxyl groups excluding tert-OH is 1. The van der Waals surface area contributed by atoms with Gasteiger partial charge in [0.15, 0.2) is 5.82 Å². The van der Waals surface area contributed by atoms with E-state index >= 15 is 4.39 Å². The molecule has 0 saturated heterocycles. The lowest BCUT2D eigenvalue weighted by molar-refractivity contribution is 0.264. The van der Waals surface area contributed by atoms with E-state index in [1.807, 2.05) is 0 Å². The van der Waals surface area contributed by atoms with Gasteiger partial charge < -0.3 is 5.11 Å². The quantitative estimate of drug-likeness (QED) is 0.503. The van der Waals surface area contributed by atoms with Gasteiger partial charge in [-0.25, -0.2) is 13.6 Å². The molecular formula is C24H22F2N4O3. The van der Waals surface area contributed by atoms with E-state index in [9.17, 15) is 19.1 Å². The summed E-state index contributed by atoms with van der Waals surface area (Å²) < 4.78 is 32.3. The molecule has 0 aliphatic rings. The van der Waals surface area contributed by atoms with Gasteiger partial charge in [0.25, 0.3) is 5.56 Å². The molecule has 33 heavy (non-hydrogen) atoms. The number of nitrogens with zero attached hydrogens (tertiary/aromatic N) is 4. The fourth-order valence-electron chi connectivity index (χ4n) is 3.95. The first-order chi connectivity index (χ1) is 15.7. The molecule has 0 atom stereocenters. The Balaban J connectivity index is 2.06. The van der Waals surface area contributed by atoms with Gasteiger partial charge in [0, 0.05) is 18.3 Å². The fourth-order valence-corrected chi connectivity index (χ4v) is 3.95. The molecule has 9 heteroatoms. The molecule has 4 aromatic rings. The van der Waals surface area contributed by atoms with Gasteiger partial charge in [0.1, 0.15) is 23.9 Å². The summed E-state index contributed by atoms with van der Waals surface area (Å²) in [6.07, 6.45) is 1.57. The molecular weight excluding hydrogens is 430 g/mol. The molecule has 2 aromatic heterocycles. The Hall–Kier alpha value is -3.85. The summed E-state index contributed by atoms with van der Waals surface area (Å²) in [5.74, 6) is -1.15. The fraction of sp³-hybridized carbons (Fsp3) is 0.208. The van der Waals surface area contributed by atoms with Crippen LogP contribution in [0.3, 0.4) is 0 Å². The SMILES string of the molecule is C=C(C)c1cn(-c2ccc(F)cc2C)c(=O)c2cc(F)c(-n3nc(CO)n(CC)c3=O)cc12. The highest BCUT2D eigenvalue weighted by molar-refractivity contribution is 5.94. The van der Waals surface area contributed by atoms with E-state index in [4.69, 9.17) is 0 Å². The van der Waals surface area contributed by atoms with Crippen LogP contribution >= 0.6 is 0 Å². The van der Waals surface area contributed by atoms with Gasteiger partial charge in [-0.15, -0.1) is 5.10 Å². The van der Waals surface area contributed by atoms with Crippen LogP contribution in [0.15, 0.2) is 52.7 Å². The molecule has 0 spiro atoms. The first kappa shape index (κ1) is 22.3. The normalized spacial score (nSPS) is 11.3. The highest BCUT2D eigenvalue weighted by Crippen LogP contribution is 2.27. The molecule has 1 N–H and O–H groups in total. The van der Waals surface area contributed by atoms with Crippen LogP contribution in [-0.4, -0.2) is 24.0 Å². The number of pyridine rings is 1. The number of allylic oxidation sites excluding steroid dienone is 1. The Morgan fingerprint density at radius 3 is 2.42 bits per heavy atom. The monoisotopic (exact) mass is 452 g/mol. The predicted octanol–water partition coefficient (Wildman–Crippen LogP) is 3.47. The molecule has 2 aromatic carbocycles. The highest BCUT2D eigenvalue weighted by atomic mass is 19.1. The number of aryl methyl sites for hydroxylation is 1. The van der Waals surface area contributed by atoms with Gasteiger partial charge in [-0.3, -0.25) is 13.9 Å². The number of fused-ring (bicyclic) bond motifs is 1. The average molecular weight is 452 g/mol. The van der Waals surface area contributed by atoms with Crippen LogP contribution < -0.4 is 11.2 Å². The van der Waals surface area contributed by atoms with Crippen molar-refractivity contribution in [3.8, 4) is 11.4 Å². The molecule has 0 saturated carbocycles. The molecule has 4 rings (SSSR count). The Bertz CT molecular complexity index is 1550. The molecule has 0 aliphatic carbocycles. The number of aliphatic hydroxyl groups is 1. The van der Waals surface area contributed by atoms with Crippen molar-refractivity contribution >= 4 is 16.3 Å². The van der Waals surface area contributed by atoms with Crippen LogP contribution in [0.5, 0.6) is 0 Å². The Labute approximate surface area is 187 Å². The lowest BCUT2D eigenvalue weighted by Gasteiger charge is -2.15. The van der Waals surface area contributed by atoms with Gasteiger partial charge in [-0.2, -0.15) is 4.68 Å². The van der Waals surface area contributed by atoms with Crippen LogP contribution in [0.1, 0.15) is 30.8 Å². The minimum Gasteiger partial charge on any atom is -0.388 e. The zero-order chi connectivity index (χ0) is 24.0. The van der Waals surface area contributed by atoms with E-state index in [2.05, 4.69) is 11.7 Å². The lowest BCUT2D eigenvalue weighted by Crippen LogP contribution is -2.25. The average Bonchev–Trinajstić information content (AvgIpc) is 3.09. The molecule has 0 fully saturated rings. The molecule has 0 radical (unpaired) electrons. The van der Waals surface area contributed by atoms with Gasteiger partial charge in [0.2, 0.25) is 0 Å². The van der Waals surface area contributed by atoms with Crippen molar-refractivity contribution < 1.29 is 13.9 Å². The maximum Gasteiger partial charge on any atom is 0.350 e. The van der Waals surface area contributed by atoms with Gasteiger partial charge in [0.05, 0.1) is 11.1 Å². The topological polar surface area (TPSA) is 82.0 Å². The molecule has 170 valence electrons. The van der Waals surface area contributed by atoms with Crippen molar-refractivity contribution in [2.45, 2.75) is 33.9 Å². The van der Waals surface area contributed by atoms with Crippen LogP contribution in [0, 0.1) is 18.6 Å². The summed E-state index contributed by atoms with van der Waals surface area (Å²) in [7, 11) is 0. The minimum absolute atomic E-state index is 0.0748. The van der Waals surface area contributed by atoms with Crippen molar-refractivity contribution in [3.05, 3.63) is 92.5 Å². The van der Waals surface area contributed by atoms with Gasteiger partial charge >= 0.3 is 5.69 Å². The van der Waals surface area contributed by atoms with Crippen LogP contribution in [0.25, 0.3) is 27.7 Å². The Kier molecular flexibility index (Phi) is 5.59. The maximum atomic E-state index is 15.2. The molecule has 0 amide bonds. The van der Waals surface area contributed by atoms with Crippen LogP contribution in [0.4, 0.5) is 8.78 Å². The van der Waals surface area contributed by atoms with Crippen molar-refractivity contribution in [2.24, 2.45) is 0 Å². The number of hydrogen-bond acceptors (Lipinski definition) is 4. The van der Waals surface area contributed by atoms with Gasteiger partial charge in [-0.05, 0) is 67.6 Å². The Morgan fingerprint density at radius 2 is 1.85 bits per heavy atom. The molecule has 0 unspecified atom stereocenters. The third kappa shape index (κ3) is 3.60. The second-order valence-electron chi connectivity index (χ2n) is 7.79. The standard InChI is InChI=1S/C24H22F2N4O3/c1-5-28-22(12-31)27-30(24(28)33)21-10-16-17(9-19(21)26)23(32)29(11-18(16)13(2)3)20-7-6-15(25)8-14(20)4/h6-11,31H,2,5,12H2,1,3-4H3. The van der Waals surface area contributed by atoms with Crippen LogP contribution in [0.2, 0.25) is 0 Å². The highest BCUT2D eigenvalue weighted by Gasteiger charge is 2.20. The second-order valence-corrected chi connectivity index (χ2v) is 7.79. The number of halogens is 2. The van der Waals surface area contributed by atoms with E-state index in [0.29, 0.717) is 27.8 Å². The third-order valence-corrected chi connectivity index (χ3v) is 5.59. The molecule has 7 nitrogen and oxygen atoms in total. The first-order valence-electron chi connectivity index (χ1n) is 10.3. The van der Waals surface area contributed by atoms with Crippen molar-refractivity contribution in [3.63, 3.8) is 0 Å². The van der Waals surface area contributed by atoms with Gasteiger partial charge in [-0.1, -0.05) is 6.58 Å². The van der Waals surface area contributed by atoms with Crippen molar-refractivity contribution in [1.82, 2.24) is 18.9 Å². The number of hydrogen-bond donors (Lipinski definition) is 1. The summed E-state index contributed by atoms with van der Waals surface area (Å²) in [4.78, 5) is 26.0. The molecule has 0 aliphatic heterocycles. The maximum absolute atomic E-state index is 15.2. The second kappa shape index (κ2) is 8.25. The minimum atomic E-state index is -0.826. The van der Waals surface area contributed by atoms with E-state index in [-0.39, 0.29) is 23.4 Å². The zero-order valence-corrected chi connectivity index (χ0v) is 18.4. The smallest absolute Gasteiger partial charge is 0.350 e. The zero-order valence-electron chi connectivity index (χ0n) is 18.4. The first-order valence-corrected chi connectivity index (χ1v) is 10.3. The molecule has 2 heterocycles. The van der Waals surface area contributed by atoms with Crippen molar-refractivity contribution in [1.29, 1.82) is 0 Å². The summed E-state index contributed by atoms with van der Waals surface area (Å²) in [5.41, 5.74) is 0.903. The van der Waals surface area contributed by atoms with Crippen LogP contribution in [-0.2, 0) is 13.2 Å². The summed E-state index contributed by atoms with van der Waals surface area (Å²) in [5, 5.41) is 14.0. The van der Waals surface area contributed by atoms with E-state index < -0.39 is 29.5 Å². The predicted molar refractivity (Wildman–Crippen MR) is 122 cm³/mol. The Morgan fingerprint density at radius 1 is 1.12 bits per heavy atom. The summed E-state index contributed by atoms with van der Waals surface area (Å²) in [6.45, 7) is 8.87. The molecule has 0 bridgehead atoms. The number of aromatic nitrogens is 4. The summed E-state index contributed by atoms with van der Waals surface area (Å²) >= 11 is 0. The largest absolute Gasteiger partial charge is 0.388 e. The van der Waals surface area contributed by atoms with Crippen molar-refractivity contribution in [2.75, 3.05) is 0 Å². The van der Waals surface area contributed by atoms with E-state index in [0.717, 1.165) is 10.7 Å².